The van der Waals surface area contributed by atoms with Gasteiger partial charge in [0.1, 0.15) is 0 Å². The van der Waals surface area contributed by atoms with Gasteiger partial charge >= 0.3 is 0 Å². The highest BCUT2D eigenvalue weighted by Crippen LogP contribution is 2.52. The SMILES string of the molecule is CCCCCCCCCCCCC(C)(C1CCC(OCC(O)CC)CC1)C1CCC(OCC(O)CC)CC1. The Bertz CT molecular complexity index is 517. The maximum atomic E-state index is 9.92. The van der Waals surface area contributed by atoms with E-state index in [0.717, 1.165) is 50.4 Å². The molecule has 2 saturated carbocycles. The van der Waals surface area contributed by atoms with E-state index in [0.29, 0.717) is 30.8 Å². The second-order valence-electron chi connectivity index (χ2n) is 13.2. The summed E-state index contributed by atoms with van der Waals surface area (Å²) in [5.74, 6) is 1.59. The molecule has 0 heterocycles. The van der Waals surface area contributed by atoms with Gasteiger partial charge in [0.25, 0.3) is 0 Å². The van der Waals surface area contributed by atoms with Gasteiger partial charge < -0.3 is 19.7 Å². The molecule has 2 fully saturated rings. The lowest BCUT2D eigenvalue weighted by Gasteiger charge is -2.49. The fraction of sp³-hybridized carbons (Fsp3) is 1.00. The molecule has 4 nitrogen and oxygen atoms in total. The van der Waals surface area contributed by atoms with Crippen LogP contribution in [0, 0.1) is 17.3 Å². The minimum atomic E-state index is -0.315. The topological polar surface area (TPSA) is 58.9 Å². The lowest BCUT2D eigenvalue weighted by molar-refractivity contribution is -0.0669. The summed E-state index contributed by atoms with van der Waals surface area (Å²) in [5, 5.41) is 19.8. The van der Waals surface area contributed by atoms with Crippen molar-refractivity contribution in [2.45, 2.75) is 187 Å². The van der Waals surface area contributed by atoms with E-state index < -0.39 is 0 Å². The van der Waals surface area contributed by atoms with Crippen LogP contribution >= 0.6 is 0 Å². The average Bonchev–Trinajstić information content (AvgIpc) is 2.95. The van der Waals surface area contributed by atoms with E-state index >= 15 is 0 Å². The number of unbranched alkanes of at least 4 members (excludes halogenated alkanes) is 9. The molecule has 2 unspecified atom stereocenters. The Balaban J connectivity index is 1.83. The molecule has 0 aromatic carbocycles. The summed E-state index contributed by atoms with van der Waals surface area (Å²) in [5.41, 5.74) is 0.419. The zero-order valence-corrected chi connectivity index (χ0v) is 25.9. The molecular formula is C34H66O4. The van der Waals surface area contributed by atoms with Crippen molar-refractivity contribution in [3.8, 4) is 0 Å². The molecule has 2 N–H and O–H groups in total. The Kier molecular flexibility index (Phi) is 17.8. The molecule has 0 bridgehead atoms. The summed E-state index contributed by atoms with van der Waals surface area (Å²) in [6.45, 7) is 9.98. The summed E-state index contributed by atoms with van der Waals surface area (Å²) in [4.78, 5) is 0. The molecule has 0 spiro atoms. The minimum absolute atomic E-state index is 0.315. The van der Waals surface area contributed by atoms with Gasteiger partial charge in [-0.2, -0.15) is 0 Å². The van der Waals surface area contributed by atoms with Crippen LogP contribution in [0.25, 0.3) is 0 Å². The Hall–Kier alpha value is -0.160. The van der Waals surface area contributed by atoms with Crippen molar-refractivity contribution >= 4 is 0 Å². The fourth-order valence-corrected chi connectivity index (χ4v) is 7.24. The first kappa shape index (κ1) is 34.0. The molecule has 0 radical (unpaired) electrons. The van der Waals surface area contributed by atoms with Gasteiger partial charge in [0.2, 0.25) is 0 Å². The van der Waals surface area contributed by atoms with Crippen molar-refractivity contribution in [3.63, 3.8) is 0 Å². The van der Waals surface area contributed by atoms with Crippen LogP contribution in [-0.4, -0.2) is 47.8 Å². The third-order valence-corrected chi connectivity index (χ3v) is 10.3. The monoisotopic (exact) mass is 538 g/mol. The van der Waals surface area contributed by atoms with E-state index in [2.05, 4.69) is 13.8 Å². The molecule has 0 aromatic heterocycles. The predicted octanol–water partition coefficient (Wildman–Crippen LogP) is 9.00. The van der Waals surface area contributed by atoms with Crippen LogP contribution in [0.15, 0.2) is 0 Å². The summed E-state index contributed by atoms with van der Waals surface area (Å²) in [7, 11) is 0. The third kappa shape index (κ3) is 12.6. The van der Waals surface area contributed by atoms with Crippen LogP contribution in [0.1, 0.15) is 163 Å². The van der Waals surface area contributed by atoms with E-state index in [9.17, 15) is 10.2 Å². The molecule has 4 heteroatoms. The fourth-order valence-electron chi connectivity index (χ4n) is 7.24. The minimum Gasteiger partial charge on any atom is -0.391 e. The van der Waals surface area contributed by atoms with Gasteiger partial charge in [-0.1, -0.05) is 91.9 Å². The molecule has 2 atom stereocenters. The van der Waals surface area contributed by atoms with Gasteiger partial charge in [0.05, 0.1) is 37.6 Å². The number of hydrogen-bond acceptors (Lipinski definition) is 4. The normalized spacial score (nSPS) is 27.6. The summed E-state index contributed by atoms with van der Waals surface area (Å²) in [6.07, 6.45) is 26.7. The molecule has 2 rings (SSSR count). The number of rotatable bonds is 21. The number of aliphatic hydroxyl groups excluding tert-OH is 2. The molecular weight excluding hydrogens is 472 g/mol. The Morgan fingerprint density at radius 2 is 0.947 bits per heavy atom. The maximum Gasteiger partial charge on any atom is 0.0771 e. The van der Waals surface area contributed by atoms with Crippen molar-refractivity contribution in [3.05, 3.63) is 0 Å². The molecule has 0 saturated heterocycles. The Morgan fingerprint density at radius 1 is 0.579 bits per heavy atom. The van der Waals surface area contributed by atoms with E-state index in [1.54, 1.807) is 0 Å². The van der Waals surface area contributed by atoms with Crippen molar-refractivity contribution in [2.75, 3.05) is 13.2 Å². The lowest BCUT2D eigenvalue weighted by Crippen LogP contribution is -2.41. The zero-order chi connectivity index (χ0) is 27.6. The van der Waals surface area contributed by atoms with Crippen LogP contribution in [0.4, 0.5) is 0 Å². The van der Waals surface area contributed by atoms with Gasteiger partial charge in [0.15, 0.2) is 0 Å². The summed E-state index contributed by atoms with van der Waals surface area (Å²) in [6, 6.07) is 0. The Morgan fingerprint density at radius 3 is 1.32 bits per heavy atom. The molecule has 0 aliphatic heterocycles. The van der Waals surface area contributed by atoms with Gasteiger partial charge in [-0.15, -0.1) is 0 Å². The number of aliphatic hydroxyl groups is 2. The predicted molar refractivity (Wildman–Crippen MR) is 161 cm³/mol. The largest absolute Gasteiger partial charge is 0.391 e. The second kappa shape index (κ2) is 19.8. The van der Waals surface area contributed by atoms with E-state index in [1.165, 1.54) is 96.3 Å². The lowest BCUT2D eigenvalue weighted by atomic mass is 9.57. The van der Waals surface area contributed by atoms with Gasteiger partial charge in [-0.3, -0.25) is 0 Å². The second-order valence-corrected chi connectivity index (χ2v) is 13.2. The van der Waals surface area contributed by atoms with Crippen LogP contribution in [0.3, 0.4) is 0 Å². The van der Waals surface area contributed by atoms with Crippen LogP contribution in [0.5, 0.6) is 0 Å². The van der Waals surface area contributed by atoms with Crippen molar-refractivity contribution in [1.82, 2.24) is 0 Å². The van der Waals surface area contributed by atoms with Crippen molar-refractivity contribution in [2.24, 2.45) is 17.3 Å². The third-order valence-electron chi connectivity index (χ3n) is 10.3. The molecule has 38 heavy (non-hydrogen) atoms. The maximum absolute atomic E-state index is 9.92. The van der Waals surface area contributed by atoms with Crippen molar-refractivity contribution in [1.29, 1.82) is 0 Å². The zero-order valence-electron chi connectivity index (χ0n) is 25.9. The first-order chi connectivity index (χ1) is 18.4. The van der Waals surface area contributed by atoms with E-state index in [1.807, 2.05) is 13.8 Å². The highest BCUT2D eigenvalue weighted by molar-refractivity contribution is 4.93. The quantitative estimate of drug-likeness (QED) is 0.143. The van der Waals surface area contributed by atoms with Crippen molar-refractivity contribution < 1.29 is 19.7 Å². The van der Waals surface area contributed by atoms with Crippen LogP contribution in [0.2, 0.25) is 0 Å². The van der Waals surface area contributed by atoms with Crippen LogP contribution < -0.4 is 0 Å². The Labute approximate surface area is 237 Å². The van der Waals surface area contributed by atoms with Gasteiger partial charge in [-0.05, 0) is 87.9 Å². The smallest absolute Gasteiger partial charge is 0.0771 e. The molecule has 2 aliphatic rings. The van der Waals surface area contributed by atoms with Crippen LogP contribution in [-0.2, 0) is 9.47 Å². The first-order valence-corrected chi connectivity index (χ1v) is 17.0. The van der Waals surface area contributed by atoms with Gasteiger partial charge in [0, 0.05) is 0 Å². The highest BCUT2D eigenvalue weighted by atomic mass is 16.5. The van der Waals surface area contributed by atoms with E-state index in [4.69, 9.17) is 9.47 Å². The summed E-state index contributed by atoms with van der Waals surface area (Å²) < 4.78 is 12.2. The highest BCUT2D eigenvalue weighted by Gasteiger charge is 2.43. The molecule has 2 aliphatic carbocycles. The number of ether oxygens (including phenoxy) is 2. The van der Waals surface area contributed by atoms with E-state index in [-0.39, 0.29) is 12.2 Å². The first-order valence-electron chi connectivity index (χ1n) is 17.0. The summed E-state index contributed by atoms with van der Waals surface area (Å²) >= 11 is 0. The number of hydrogen-bond donors (Lipinski definition) is 2. The standard InChI is InChI=1S/C34H66O4/c1-5-8-9-10-11-12-13-14-15-16-25-34(4,28-17-21-32(22-18-28)37-26-30(35)6-2)29-19-23-33(24-20-29)38-27-31(36)7-3/h28-33,35-36H,5-27H2,1-4H3. The molecule has 226 valence electrons. The average molecular weight is 539 g/mol. The van der Waals surface area contributed by atoms with Gasteiger partial charge in [-0.25, -0.2) is 0 Å². The molecule has 0 amide bonds. The molecule has 0 aromatic rings.